The molecule has 1 aliphatic rings. The Bertz CT molecular complexity index is 889. The number of aryl methyl sites for hydroxylation is 3. The Balaban J connectivity index is 1.37. The van der Waals surface area contributed by atoms with Crippen molar-refractivity contribution in [3.8, 4) is 0 Å². The van der Waals surface area contributed by atoms with E-state index in [2.05, 4.69) is 60.2 Å². The molecule has 1 unspecified atom stereocenters. The molecule has 5 heteroatoms. The summed E-state index contributed by atoms with van der Waals surface area (Å²) in [4.78, 5) is 17.0. The Labute approximate surface area is 199 Å². The maximum atomic E-state index is 12.5. The van der Waals surface area contributed by atoms with Crippen molar-refractivity contribution < 1.29 is 9.90 Å². The number of benzene rings is 2. The molecule has 2 N–H and O–H groups in total. The third kappa shape index (κ3) is 7.66. The topological polar surface area (TPSA) is 55.8 Å². The van der Waals surface area contributed by atoms with Crippen LogP contribution in [-0.4, -0.2) is 66.2 Å². The third-order valence-electron chi connectivity index (χ3n) is 6.63. The Morgan fingerprint density at radius 2 is 1.55 bits per heavy atom. The lowest BCUT2D eigenvalue weighted by atomic mass is 9.86. The van der Waals surface area contributed by atoms with Crippen LogP contribution in [-0.2, 0) is 16.6 Å². The minimum Gasteiger partial charge on any atom is -0.392 e. The highest BCUT2D eigenvalue weighted by atomic mass is 16.3. The van der Waals surface area contributed by atoms with Gasteiger partial charge in [-0.05, 0) is 54.4 Å². The fraction of sp³-hybridized carbons (Fsp3) is 0.536. The number of carbonyl (C=O) groups is 1. The van der Waals surface area contributed by atoms with Crippen LogP contribution < -0.4 is 5.32 Å². The zero-order chi connectivity index (χ0) is 24.0. The van der Waals surface area contributed by atoms with E-state index in [-0.39, 0.29) is 17.4 Å². The number of rotatable bonds is 8. The van der Waals surface area contributed by atoms with Gasteiger partial charge in [0, 0.05) is 38.4 Å². The second-order valence-corrected chi connectivity index (χ2v) is 10.5. The van der Waals surface area contributed by atoms with Gasteiger partial charge in [0.05, 0.1) is 12.6 Å². The summed E-state index contributed by atoms with van der Waals surface area (Å²) < 4.78 is 0. The second-order valence-electron chi connectivity index (χ2n) is 10.5. The molecule has 0 bridgehead atoms. The minimum atomic E-state index is -0.328. The van der Waals surface area contributed by atoms with Crippen molar-refractivity contribution >= 4 is 11.6 Å². The number of hydrogen-bond acceptors (Lipinski definition) is 4. The van der Waals surface area contributed by atoms with E-state index < -0.39 is 0 Å². The van der Waals surface area contributed by atoms with Gasteiger partial charge in [0.15, 0.2) is 0 Å². The summed E-state index contributed by atoms with van der Waals surface area (Å²) in [6, 6.07) is 14.8. The van der Waals surface area contributed by atoms with E-state index in [0.717, 1.165) is 55.8 Å². The first-order valence-corrected chi connectivity index (χ1v) is 12.2. The van der Waals surface area contributed by atoms with E-state index in [4.69, 9.17) is 0 Å². The maximum absolute atomic E-state index is 12.5. The monoisotopic (exact) mass is 451 g/mol. The second kappa shape index (κ2) is 11.3. The molecule has 1 heterocycles. The summed E-state index contributed by atoms with van der Waals surface area (Å²) in [5.74, 6) is 0.0402. The van der Waals surface area contributed by atoms with Gasteiger partial charge in [0.25, 0.3) is 0 Å². The molecule has 33 heavy (non-hydrogen) atoms. The highest BCUT2D eigenvalue weighted by Crippen LogP contribution is 2.23. The van der Waals surface area contributed by atoms with Crippen LogP contribution in [0.4, 0.5) is 5.69 Å². The number of nitrogens with zero attached hydrogens (tertiary/aromatic N) is 2. The van der Waals surface area contributed by atoms with Gasteiger partial charge < -0.3 is 10.4 Å². The average molecular weight is 452 g/mol. The molecular weight excluding hydrogens is 410 g/mol. The molecule has 1 atom stereocenters. The van der Waals surface area contributed by atoms with Gasteiger partial charge in [-0.2, -0.15) is 0 Å². The molecule has 2 aromatic carbocycles. The molecule has 180 valence electrons. The van der Waals surface area contributed by atoms with Crippen LogP contribution >= 0.6 is 0 Å². The predicted octanol–water partition coefficient (Wildman–Crippen LogP) is 4.15. The summed E-state index contributed by atoms with van der Waals surface area (Å²) in [5.41, 5.74) is 5.89. The number of anilines is 1. The first-order chi connectivity index (χ1) is 15.6. The Kier molecular flexibility index (Phi) is 8.69. The maximum Gasteiger partial charge on any atom is 0.238 e. The van der Waals surface area contributed by atoms with Crippen molar-refractivity contribution in [1.82, 2.24) is 9.80 Å². The Morgan fingerprint density at radius 1 is 0.970 bits per heavy atom. The molecule has 1 aliphatic heterocycles. The van der Waals surface area contributed by atoms with Gasteiger partial charge >= 0.3 is 0 Å². The molecular formula is C28H41N3O2. The number of piperazine rings is 1. The quantitative estimate of drug-likeness (QED) is 0.633. The van der Waals surface area contributed by atoms with Gasteiger partial charge in [0.1, 0.15) is 0 Å². The third-order valence-corrected chi connectivity index (χ3v) is 6.63. The van der Waals surface area contributed by atoms with Gasteiger partial charge in [0.2, 0.25) is 5.91 Å². The molecule has 1 amide bonds. The summed E-state index contributed by atoms with van der Waals surface area (Å²) in [6.07, 6.45) is 1.34. The first-order valence-electron chi connectivity index (χ1n) is 12.2. The Hall–Kier alpha value is -2.21. The van der Waals surface area contributed by atoms with Crippen molar-refractivity contribution in [3.63, 3.8) is 0 Å². The summed E-state index contributed by atoms with van der Waals surface area (Å²) >= 11 is 0. The van der Waals surface area contributed by atoms with Gasteiger partial charge in [-0.1, -0.05) is 63.2 Å². The minimum absolute atomic E-state index is 0.0402. The summed E-state index contributed by atoms with van der Waals surface area (Å²) in [5, 5.41) is 13.6. The molecule has 3 rings (SSSR count). The summed E-state index contributed by atoms with van der Waals surface area (Å²) in [7, 11) is 0. The van der Waals surface area contributed by atoms with Crippen LogP contribution in [0.15, 0.2) is 42.5 Å². The largest absolute Gasteiger partial charge is 0.392 e. The molecule has 0 saturated carbocycles. The van der Waals surface area contributed by atoms with Crippen LogP contribution in [0.3, 0.4) is 0 Å². The van der Waals surface area contributed by atoms with Crippen LogP contribution in [0, 0.1) is 13.8 Å². The first kappa shape index (κ1) is 25.4. The SMILES string of the molecule is Cc1cccc(C)c1NC(=O)CN1CCN(CC(O)CCc2ccc(C(C)(C)C)cc2)CC1. The number of aliphatic hydroxyl groups excluding tert-OH is 1. The van der Waals surface area contributed by atoms with Crippen molar-refractivity contribution in [2.75, 3.05) is 44.6 Å². The number of hydrogen-bond donors (Lipinski definition) is 2. The van der Waals surface area contributed by atoms with Gasteiger partial charge in [-0.15, -0.1) is 0 Å². The van der Waals surface area contributed by atoms with E-state index in [0.29, 0.717) is 13.1 Å². The van der Waals surface area contributed by atoms with E-state index in [9.17, 15) is 9.90 Å². The van der Waals surface area contributed by atoms with Crippen LogP contribution in [0.5, 0.6) is 0 Å². The Morgan fingerprint density at radius 3 is 2.12 bits per heavy atom. The number of carbonyl (C=O) groups excluding carboxylic acids is 1. The number of β-amino-alcohol motifs (C(OH)–C–C–N with tert-alkyl or cyclic N) is 1. The summed E-state index contributed by atoms with van der Waals surface area (Å²) in [6.45, 7) is 15.3. The molecule has 1 saturated heterocycles. The molecule has 5 nitrogen and oxygen atoms in total. The lowest BCUT2D eigenvalue weighted by molar-refractivity contribution is -0.117. The fourth-order valence-corrected chi connectivity index (χ4v) is 4.42. The number of nitrogens with one attached hydrogen (secondary N) is 1. The number of aliphatic hydroxyl groups is 1. The van der Waals surface area contributed by atoms with Crippen molar-refractivity contribution in [1.29, 1.82) is 0 Å². The molecule has 0 spiro atoms. The highest BCUT2D eigenvalue weighted by molar-refractivity contribution is 5.93. The fourth-order valence-electron chi connectivity index (χ4n) is 4.42. The normalized spacial score (nSPS) is 16.5. The van der Waals surface area contributed by atoms with Crippen molar-refractivity contribution in [2.24, 2.45) is 0 Å². The zero-order valence-corrected chi connectivity index (χ0v) is 21.0. The zero-order valence-electron chi connectivity index (χ0n) is 21.0. The lowest BCUT2D eigenvalue weighted by Gasteiger charge is -2.35. The van der Waals surface area contributed by atoms with E-state index >= 15 is 0 Å². The van der Waals surface area contributed by atoms with Crippen molar-refractivity contribution in [3.05, 3.63) is 64.7 Å². The van der Waals surface area contributed by atoms with Crippen LogP contribution in [0.2, 0.25) is 0 Å². The van der Waals surface area contributed by atoms with Gasteiger partial charge in [-0.25, -0.2) is 0 Å². The molecule has 2 aromatic rings. The number of para-hydroxylation sites is 1. The molecule has 0 radical (unpaired) electrons. The lowest BCUT2D eigenvalue weighted by Crippen LogP contribution is -2.50. The van der Waals surface area contributed by atoms with E-state index in [1.54, 1.807) is 0 Å². The van der Waals surface area contributed by atoms with E-state index in [1.807, 2.05) is 32.0 Å². The standard InChI is InChI=1S/C28H41N3O2/c1-21-7-6-8-22(2)27(21)29-26(33)20-31-17-15-30(16-18-31)19-25(32)14-11-23-9-12-24(13-10-23)28(3,4)5/h6-10,12-13,25,32H,11,14-20H2,1-5H3,(H,29,33). The van der Waals surface area contributed by atoms with E-state index in [1.165, 1.54) is 11.1 Å². The average Bonchev–Trinajstić information content (AvgIpc) is 2.76. The van der Waals surface area contributed by atoms with Crippen LogP contribution in [0.1, 0.15) is 49.4 Å². The van der Waals surface area contributed by atoms with Gasteiger partial charge in [-0.3, -0.25) is 14.6 Å². The number of amides is 1. The predicted molar refractivity (Wildman–Crippen MR) is 137 cm³/mol. The van der Waals surface area contributed by atoms with Crippen molar-refractivity contribution in [2.45, 2.75) is 59.0 Å². The highest BCUT2D eigenvalue weighted by Gasteiger charge is 2.21. The molecule has 0 aliphatic carbocycles. The molecule has 1 fully saturated rings. The van der Waals surface area contributed by atoms with Crippen LogP contribution in [0.25, 0.3) is 0 Å². The molecule has 0 aromatic heterocycles. The smallest absolute Gasteiger partial charge is 0.238 e.